The predicted octanol–water partition coefficient (Wildman–Crippen LogP) is 2.73. The van der Waals surface area contributed by atoms with Crippen molar-refractivity contribution in [2.75, 3.05) is 18.4 Å². The highest BCUT2D eigenvalue weighted by atomic mass is 127. The van der Waals surface area contributed by atoms with Crippen molar-refractivity contribution in [1.29, 1.82) is 0 Å². The third-order valence-electron chi connectivity index (χ3n) is 3.79. The number of aliphatic imine (C=N–C) groups is 1. The summed E-state index contributed by atoms with van der Waals surface area (Å²) in [7, 11) is 0. The summed E-state index contributed by atoms with van der Waals surface area (Å²) in [6.07, 6.45) is 8.41. The van der Waals surface area contributed by atoms with Gasteiger partial charge in [-0.25, -0.2) is 4.99 Å². The Labute approximate surface area is 161 Å². The molecule has 2 rings (SSSR count). The van der Waals surface area contributed by atoms with E-state index in [9.17, 15) is 4.79 Å². The third-order valence-corrected chi connectivity index (χ3v) is 3.79. The minimum Gasteiger partial charge on any atom is -0.357 e. The molecule has 1 aliphatic carbocycles. The smallest absolute Gasteiger partial charge is 0.227 e. The lowest BCUT2D eigenvalue weighted by atomic mass is 9.85. The van der Waals surface area contributed by atoms with E-state index in [-0.39, 0.29) is 35.8 Å². The maximum Gasteiger partial charge on any atom is 0.227 e. The lowest BCUT2D eigenvalue weighted by Crippen LogP contribution is -2.37. The van der Waals surface area contributed by atoms with Crippen molar-refractivity contribution in [3.8, 4) is 12.3 Å². The summed E-state index contributed by atoms with van der Waals surface area (Å²) in [5.74, 6) is 3.53. The zero-order chi connectivity index (χ0) is 16.5. The van der Waals surface area contributed by atoms with Gasteiger partial charge in [-0.2, -0.15) is 0 Å². The van der Waals surface area contributed by atoms with Crippen molar-refractivity contribution < 1.29 is 4.79 Å². The molecular weight excluding hydrogens is 415 g/mol. The SMILES string of the molecule is C#CCNC(=NCc1cccc(NC(=O)C2CCC2)c1)NCC.I. The molecule has 1 amide bonds. The molecule has 6 heteroatoms. The van der Waals surface area contributed by atoms with Gasteiger partial charge in [-0.15, -0.1) is 30.4 Å². The maximum atomic E-state index is 12.0. The van der Waals surface area contributed by atoms with Crippen LogP contribution in [-0.2, 0) is 11.3 Å². The Kier molecular flexibility index (Phi) is 9.23. The second kappa shape index (κ2) is 10.9. The van der Waals surface area contributed by atoms with E-state index in [0.29, 0.717) is 19.0 Å². The number of halogens is 1. The number of nitrogens with one attached hydrogen (secondary N) is 3. The van der Waals surface area contributed by atoms with Crippen LogP contribution in [0, 0.1) is 18.3 Å². The van der Waals surface area contributed by atoms with Crippen molar-refractivity contribution in [3.05, 3.63) is 29.8 Å². The van der Waals surface area contributed by atoms with Gasteiger partial charge in [-0.05, 0) is 37.5 Å². The molecule has 0 saturated heterocycles. The fourth-order valence-electron chi connectivity index (χ4n) is 2.31. The van der Waals surface area contributed by atoms with Crippen molar-refractivity contribution in [3.63, 3.8) is 0 Å². The Morgan fingerprint density at radius 1 is 1.38 bits per heavy atom. The third kappa shape index (κ3) is 6.40. The largest absolute Gasteiger partial charge is 0.357 e. The highest BCUT2D eigenvalue weighted by molar-refractivity contribution is 14.0. The van der Waals surface area contributed by atoms with E-state index in [2.05, 4.69) is 26.9 Å². The molecule has 1 aliphatic rings. The molecule has 0 radical (unpaired) electrons. The van der Waals surface area contributed by atoms with E-state index < -0.39 is 0 Å². The Morgan fingerprint density at radius 2 is 2.17 bits per heavy atom. The molecule has 24 heavy (non-hydrogen) atoms. The molecule has 1 fully saturated rings. The van der Waals surface area contributed by atoms with Crippen LogP contribution in [0.1, 0.15) is 31.7 Å². The zero-order valence-electron chi connectivity index (χ0n) is 14.0. The van der Waals surface area contributed by atoms with Gasteiger partial charge in [0.25, 0.3) is 0 Å². The number of hydrogen-bond donors (Lipinski definition) is 3. The molecule has 5 nitrogen and oxygen atoms in total. The first-order valence-electron chi connectivity index (χ1n) is 8.08. The first-order valence-corrected chi connectivity index (χ1v) is 8.08. The maximum absolute atomic E-state index is 12.0. The topological polar surface area (TPSA) is 65.5 Å². The van der Waals surface area contributed by atoms with Gasteiger partial charge in [0.1, 0.15) is 0 Å². The number of amides is 1. The molecule has 0 atom stereocenters. The van der Waals surface area contributed by atoms with Crippen LogP contribution in [0.25, 0.3) is 0 Å². The molecule has 1 aromatic carbocycles. The van der Waals surface area contributed by atoms with Crippen LogP contribution in [0.3, 0.4) is 0 Å². The molecule has 3 N–H and O–H groups in total. The Morgan fingerprint density at radius 3 is 2.79 bits per heavy atom. The Balaban J connectivity index is 0.00000288. The summed E-state index contributed by atoms with van der Waals surface area (Å²) in [5, 5.41) is 9.17. The summed E-state index contributed by atoms with van der Waals surface area (Å²) in [4.78, 5) is 16.5. The average Bonchev–Trinajstić information content (AvgIpc) is 2.48. The van der Waals surface area contributed by atoms with Gasteiger partial charge in [-0.1, -0.05) is 24.5 Å². The average molecular weight is 440 g/mol. The summed E-state index contributed by atoms with van der Waals surface area (Å²) in [6.45, 7) is 3.73. The van der Waals surface area contributed by atoms with Crippen molar-refractivity contribution in [2.45, 2.75) is 32.7 Å². The summed E-state index contributed by atoms with van der Waals surface area (Å²) < 4.78 is 0. The number of guanidine groups is 1. The van der Waals surface area contributed by atoms with Crippen LogP contribution < -0.4 is 16.0 Å². The number of hydrogen-bond acceptors (Lipinski definition) is 2. The molecule has 0 spiro atoms. The fraction of sp³-hybridized carbons (Fsp3) is 0.444. The molecular formula is C18H25IN4O. The number of terminal acetylenes is 1. The van der Waals surface area contributed by atoms with Crippen molar-refractivity contribution in [2.24, 2.45) is 10.9 Å². The number of benzene rings is 1. The van der Waals surface area contributed by atoms with E-state index >= 15 is 0 Å². The first kappa shape index (κ1) is 20.3. The highest BCUT2D eigenvalue weighted by Crippen LogP contribution is 2.27. The van der Waals surface area contributed by atoms with E-state index in [1.807, 2.05) is 31.2 Å². The van der Waals surface area contributed by atoms with E-state index in [4.69, 9.17) is 6.42 Å². The summed E-state index contributed by atoms with van der Waals surface area (Å²) in [5.41, 5.74) is 1.87. The van der Waals surface area contributed by atoms with Gasteiger partial charge in [0, 0.05) is 18.2 Å². The number of nitrogens with zero attached hydrogens (tertiary/aromatic N) is 1. The molecule has 1 aromatic rings. The van der Waals surface area contributed by atoms with Crippen LogP contribution in [0.15, 0.2) is 29.3 Å². The number of carbonyl (C=O) groups is 1. The Hall–Kier alpha value is -1.75. The zero-order valence-corrected chi connectivity index (χ0v) is 16.3. The summed E-state index contributed by atoms with van der Waals surface area (Å²) >= 11 is 0. The Bertz CT molecular complexity index is 605. The van der Waals surface area contributed by atoms with Crippen LogP contribution in [-0.4, -0.2) is 25.0 Å². The monoisotopic (exact) mass is 440 g/mol. The molecule has 0 bridgehead atoms. The van der Waals surface area contributed by atoms with E-state index in [0.717, 1.165) is 37.1 Å². The van der Waals surface area contributed by atoms with Gasteiger partial charge < -0.3 is 16.0 Å². The van der Waals surface area contributed by atoms with Gasteiger partial charge in [-0.3, -0.25) is 4.79 Å². The number of carbonyl (C=O) groups excluding carboxylic acids is 1. The van der Waals surface area contributed by atoms with Gasteiger partial charge >= 0.3 is 0 Å². The summed E-state index contributed by atoms with van der Waals surface area (Å²) in [6, 6.07) is 7.80. The standard InChI is InChI=1S/C18H24N4O.HI/c1-3-11-20-18(19-4-2)21-13-14-7-5-10-16(12-14)22-17(23)15-8-6-9-15;/h1,5,7,10,12,15H,4,6,8-9,11,13H2,2H3,(H,22,23)(H2,19,20,21);1H. The van der Waals surface area contributed by atoms with Crippen LogP contribution in [0.5, 0.6) is 0 Å². The van der Waals surface area contributed by atoms with Crippen LogP contribution in [0.4, 0.5) is 5.69 Å². The van der Waals surface area contributed by atoms with Gasteiger partial charge in [0.05, 0.1) is 13.1 Å². The van der Waals surface area contributed by atoms with Crippen molar-refractivity contribution in [1.82, 2.24) is 10.6 Å². The van der Waals surface area contributed by atoms with E-state index in [1.165, 1.54) is 0 Å². The second-order valence-corrected chi connectivity index (χ2v) is 5.57. The molecule has 0 unspecified atom stereocenters. The second-order valence-electron chi connectivity index (χ2n) is 5.57. The highest BCUT2D eigenvalue weighted by Gasteiger charge is 2.25. The molecule has 130 valence electrons. The van der Waals surface area contributed by atoms with Crippen LogP contribution in [0.2, 0.25) is 0 Å². The fourth-order valence-corrected chi connectivity index (χ4v) is 2.31. The molecule has 0 aliphatic heterocycles. The minimum atomic E-state index is 0. The predicted molar refractivity (Wildman–Crippen MR) is 109 cm³/mol. The number of anilines is 1. The number of rotatable bonds is 6. The van der Waals surface area contributed by atoms with Crippen molar-refractivity contribution >= 4 is 41.5 Å². The first-order chi connectivity index (χ1) is 11.2. The molecule has 0 aromatic heterocycles. The minimum absolute atomic E-state index is 0. The van der Waals surface area contributed by atoms with Gasteiger partial charge in [0.15, 0.2) is 5.96 Å². The quantitative estimate of drug-likeness (QED) is 0.276. The molecule has 0 heterocycles. The van der Waals surface area contributed by atoms with Gasteiger partial charge in [0.2, 0.25) is 5.91 Å². The normalized spacial score (nSPS) is 13.9. The van der Waals surface area contributed by atoms with E-state index in [1.54, 1.807) is 0 Å². The lowest BCUT2D eigenvalue weighted by molar-refractivity contribution is -0.122. The van der Waals surface area contributed by atoms with Crippen LogP contribution >= 0.6 is 24.0 Å². The lowest BCUT2D eigenvalue weighted by Gasteiger charge is -2.24. The molecule has 1 saturated carbocycles.